The van der Waals surface area contributed by atoms with Gasteiger partial charge in [-0.1, -0.05) is 18.2 Å². The molecular weight excluding hydrogens is 446 g/mol. The molecule has 2 aromatic carbocycles. The van der Waals surface area contributed by atoms with Crippen LogP contribution in [0.2, 0.25) is 0 Å². The summed E-state index contributed by atoms with van der Waals surface area (Å²) in [5.74, 6) is -0.0571. The number of carbonyl (C=O) groups is 2. The lowest BCUT2D eigenvalue weighted by Crippen LogP contribution is -2.47. The maximum atomic E-state index is 12.8. The quantitative estimate of drug-likeness (QED) is 0.481. The number of hydrogen-bond donors (Lipinski definition) is 1. The second-order valence-corrected chi connectivity index (χ2v) is 9.45. The minimum absolute atomic E-state index is 0.0749. The minimum atomic E-state index is -0.132. The Balaban J connectivity index is 1.28. The summed E-state index contributed by atoms with van der Waals surface area (Å²) in [5, 5.41) is 3.79. The molecular formula is C26H25N5O2S. The molecule has 0 atom stereocenters. The summed E-state index contributed by atoms with van der Waals surface area (Å²) in [7, 11) is 2.08. The Morgan fingerprint density at radius 3 is 2.50 bits per heavy atom. The Hall–Kier alpha value is -3.62. The van der Waals surface area contributed by atoms with Crippen LogP contribution in [0.25, 0.3) is 20.8 Å². The normalized spacial score (nSPS) is 14.3. The van der Waals surface area contributed by atoms with Gasteiger partial charge >= 0.3 is 0 Å². The Morgan fingerprint density at radius 2 is 1.76 bits per heavy atom. The largest absolute Gasteiger partial charge is 0.348 e. The number of hydrogen-bond acceptors (Lipinski definition) is 6. The molecule has 5 rings (SSSR count). The SMILES string of the molecule is CN1CCN(C(=O)c2ccc(-c3nc4ccc(C(=O)NCc5cccnc5)cc4s3)cc2)CC1. The van der Waals surface area contributed by atoms with E-state index < -0.39 is 0 Å². The molecule has 0 radical (unpaired) electrons. The molecule has 7 nitrogen and oxygen atoms in total. The van der Waals surface area contributed by atoms with Crippen molar-refractivity contribution in [2.75, 3.05) is 33.2 Å². The summed E-state index contributed by atoms with van der Waals surface area (Å²) < 4.78 is 0.946. The van der Waals surface area contributed by atoms with Gasteiger partial charge in [0.1, 0.15) is 5.01 Å². The Labute approximate surface area is 202 Å². The molecule has 0 saturated carbocycles. The topological polar surface area (TPSA) is 78.4 Å². The molecule has 8 heteroatoms. The van der Waals surface area contributed by atoms with Gasteiger partial charge < -0.3 is 15.1 Å². The maximum Gasteiger partial charge on any atom is 0.253 e. The van der Waals surface area contributed by atoms with Crippen LogP contribution in [0.5, 0.6) is 0 Å². The highest BCUT2D eigenvalue weighted by molar-refractivity contribution is 7.21. The first-order valence-corrected chi connectivity index (χ1v) is 12.0. The fraction of sp³-hybridized carbons (Fsp3) is 0.231. The summed E-state index contributed by atoms with van der Waals surface area (Å²) in [6.45, 7) is 3.75. The van der Waals surface area contributed by atoms with Gasteiger partial charge in [-0.3, -0.25) is 14.6 Å². The van der Waals surface area contributed by atoms with Gasteiger partial charge in [0.15, 0.2) is 0 Å². The molecule has 0 unspecified atom stereocenters. The molecule has 1 N–H and O–H groups in total. The van der Waals surface area contributed by atoms with E-state index in [0.29, 0.717) is 17.7 Å². The van der Waals surface area contributed by atoms with Crippen molar-refractivity contribution in [3.05, 3.63) is 83.7 Å². The molecule has 2 amide bonds. The molecule has 2 aromatic heterocycles. The number of piperazine rings is 1. The number of benzene rings is 2. The van der Waals surface area contributed by atoms with E-state index in [-0.39, 0.29) is 11.8 Å². The van der Waals surface area contributed by atoms with Crippen LogP contribution in [-0.2, 0) is 6.54 Å². The number of likely N-dealkylation sites (N-methyl/N-ethyl adjacent to an activating group) is 1. The molecule has 0 aliphatic carbocycles. The van der Waals surface area contributed by atoms with Gasteiger partial charge in [0.25, 0.3) is 11.8 Å². The first kappa shape index (κ1) is 22.2. The first-order valence-electron chi connectivity index (χ1n) is 11.2. The number of amides is 2. The number of aromatic nitrogens is 2. The van der Waals surface area contributed by atoms with E-state index >= 15 is 0 Å². The monoisotopic (exact) mass is 471 g/mol. The van der Waals surface area contributed by atoms with E-state index in [9.17, 15) is 9.59 Å². The van der Waals surface area contributed by atoms with Crippen LogP contribution < -0.4 is 5.32 Å². The lowest BCUT2D eigenvalue weighted by Gasteiger charge is -2.32. The lowest BCUT2D eigenvalue weighted by atomic mass is 10.1. The zero-order valence-electron chi connectivity index (χ0n) is 18.9. The summed E-state index contributed by atoms with van der Waals surface area (Å²) >= 11 is 1.54. The number of fused-ring (bicyclic) bond motifs is 1. The summed E-state index contributed by atoms with van der Waals surface area (Å²) in [6, 6.07) is 17.0. The van der Waals surface area contributed by atoms with Crippen molar-refractivity contribution in [1.29, 1.82) is 0 Å². The average Bonchev–Trinajstić information content (AvgIpc) is 3.31. The molecule has 1 fully saturated rings. The van der Waals surface area contributed by atoms with Crippen molar-refractivity contribution < 1.29 is 9.59 Å². The number of thiazole rings is 1. The summed E-state index contributed by atoms with van der Waals surface area (Å²) in [4.78, 5) is 38.3. The van der Waals surface area contributed by atoms with E-state index in [0.717, 1.165) is 52.5 Å². The highest BCUT2D eigenvalue weighted by atomic mass is 32.1. The number of rotatable bonds is 5. The van der Waals surface area contributed by atoms with Gasteiger partial charge in [0.2, 0.25) is 0 Å². The fourth-order valence-electron chi connectivity index (χ4n) is 3.92. The molecule has 0 bridgehead atoms. The predicted molar refractivity (Wildman–Crippen MR) is 134 cm³/mol. The number of nitrogens with one attached hydrogen (secondary N) is 1. The van der Waals surface area contributed by atoms with Crippen LogP contribution in [0.1, 0.15) is 26.3 Å². The smallest absolute Gasteiger partial charge is 0.253 e. The van der Waals surface area contributed by atoms with Gasteiger partial charge in [-0.05, 0) is 49.0 Å². The molecule has 4 aromatic rings. The molecule has 3 heterocycles. The summed E-state index contributed by atoms with van der Waals surface area (Å²) in [6.07, 6.45) is 3.45. The van der Waals surface area contributed by atoms with Crippen LogP contribution in [0.4, 0.5) is 0 Å². The molecule has 0 spiro atoms. The Morgan fingerprint density at radius 1 is 1.00 bits per heavy atom. The lowest BCUT2D eigenvalue weighted by molar-refractivity contribution is 0.0664. The van der Waals surface area contributed by atoms with Gasteiger partial charge in [0.05, 0.1) is 10.2 Å². The minimum Gasteiger partial charge on any atom is -0.348 e. The van der Waals surface area contributed by atoms with E-state index in [1.165, 1.54) is 11.3 Å². The maximum absolute atomic E-state index is 12.8. The highest BCUT2D eigenvalue weighted by Gasteiger charge is 2.20. The zero-order chi connectivity index (χ0) is 23.5. The third-order valence-corrected chi connectivity index (χ3v) is 7.06. The second-order valence-electron chi connectivity index (χ2n) is 8.42. The first-order chi connectivity index (χ1) is 16.6. The standard InChI is InChI=1S/C26H25N5O2S/c1-30-11-13-31(14-12-30)26(33)20-6-4-19(5-7-20)25-29-22-9-8-21(15-23(22)34-25)24(32)28-17-18-3-2-10-27-16-18/h2-10,15-16H,11-14,17H2,1H3,(H,28,32). The Bertz CT molecular complexity index is 1310. The predicted octanol–water partition coefficient (Wildman–Crippen LogP) is 3.68. The van der Waals surface area contributed by atoms with E-state index in [1.54, 1.807) is 18.5 Å². The Kier molecular flexibility index (Phi) is 6.33. The molecule has 34 heavy (non-hydrogen) atoms. The highest BCUT2D eigenvalue weighted by Crippen LogP contribution is 2.31. The number of nitrogens with zero attached hydrogens (tertiary/aromatic N) is 4. The second kappa shape index (κ2) is 9.70. The number of pyridine rings is 1. The van der Waals surface area contributed by atoms with Crippen LogP contribution in [0, 0.1) is 0 Å². The van der Waals surface area contributed by atoms with Gasteiger partial charge in [0, 0.05) is 61.8 Å². The zero-order valence-corrected chi connectivity index (χ0v) is 19.7. The molecule has 1 aliphatic heterocycles. The van der Waals surface area contributed by atoms with Crippen molar-refractivity contribution in [3.63, 3.8) is 0 Å². The van der Waals surface area contributed by atoms with Gasteiger partial charge in [-0.15, -0.1) is 11.3 Å². The van der Waals surface area contributed by atoms with E-state index in [4.69, 9.17) is 4.98 Å². The summed E-state index contributed by atoms with van der Waals surface area (Å²) in [5.41, 5.74) is 4.05. The van der Waals surface area contributed by atoms with E-state index in [1.807, 2.05) is 53.4 Å². The molecule has 1 aliphatic rings. The van der Waals surface area contributed by atoms with Crippen molar-refractivity contribution in [1.82, 2.24) is 25.1 Å². The van der Waals surface area contributed by atoms with Gasteiger partial charge in [-0.25, -0.2) is 4.98 Å². The third-order valence-electron chi connectivity index (χ3n) is 6.00. The van der Waals surface area contributed by atoms with Crippen molar-refractivity contribution >= 4 is 33.4 Å². The van der Waals surface area contributed by atoms with Crippen LogP contribution >= 0.6 is 11.3 Å². The van der Waals surface area contributed by atoms with Crippen molar-refractivity contribution in [2.45, 2.75) is 6.54 Å². The van der Waals surface area contributed by atoms with Gasteiger partial charge in [-0.2, -0.15) is 0 Å². The van der Waals surface area contributed by atoms with Crippen molar-refractivity contribution in [3.8, 4) is 10.6 Å². The van der Waals surface area contributed by atoms with Crippen LogP contribution in [0.15, 0.2) is 67.0 Å². The van der Waals surface area contributed by atoms with Crippen molar-refractivity contribution in [2.24, 2.45) is 0 Å². The van der Waals surface area contributed by atoms with Crippen LogP contribution in [0.3, 0.4) is 0 Å². The fourth-order valence-corrected chi connectivity index (χ4v) is 4.93. The average molecular weight is 472 g/mol. The van der Waals surface area contributed by atoms with Crippen LogP contribution in [-0.4, -0.2) is 64.8 Å². The third kappa shape index (κ3) is 4.83. The number of carbonyl (C=O) groups excluding carboxylic acids is 2. The van der Waals surface area contributed by atoms with E-state index in [2.05, 4.69) is 22.2 Å². The molecule has 1 saturated heterocycles. The molecule has 172 valence electrons.